The maximum absolute atomic E-state index is 13.9. The predicted octanol–water partition coefficient (Wildman–Crippen LogP) is 3.37. The number of para-hydroxylation sites is 1. The molecule has 0 saturated carbocycles. The van der Waals surface area contributed by atoms with E-state index in [1.807, 2.05) is 24.3 Å². The Labute approximate surface area is 187 Å². The Hall–Kier alpha value is -3.89. The minimum atomic E-state index is -4.62. The van der Waals surface area contributed by atoms with Crippen LogP contribution in [0, 0.1) is 12.3 Å². The van der Waals surface area contributed by atoms with Gasteiger partial charge in [0.15, 0.2) is 9.84 Å². The van der Waals surface area contributed by atoms with Crippen LogP contribution in [-0.2, 0) is 19.4 Å². The number of hydrogen-bond acceptors (Lipinski definition) is 4. The number of carbonyl (C=O) groups excluding carboxylic acids is 2. The molecule has 0 bridgehead atoms. The maximum atomic E-state index is 13.9. The normalized spacial score (nSPS) is 14.0. The van der Waals surface area contributed by atoms with Crippen molar-refractivity contribution in [1.29, 1.82) is 0 Å². The molecule has 3 N–H and O–H groups in total. The van der Waals surface area contributed by atoms with Crippen molar-refractivity contribution in [3.8, 4) is 12.3 Å². The highest BCUT2D eigenvalue weighted by Gasteiger charge is 2.58. The molecule has 2 atom stereocenters. The molecule has 3 aromatic carbocycles. The number of primary amides is 1. The van der Waals surface area contributed by atoms with Gasteiger partial charge >= 0.3 is 0 Å². The monoisotopic (exact) mass is 446 g/mol. The Balaban J connectivity index is 2.16. The molecule has 162 valence electrons. The summed E-state index contributed by atoms with van der Waals surface area (Å²) in [5.74, 6) is -0.312. The van der Waals surface area contributed by atoms with E-state index in [4.69, 9.17) is 12.2 Å². The number of hydrogen-bond donors (Lipinski definition) is 2. The fourth-order valence-corrected chi connectivity index (χ4v) is 5.66. The maximum Gasteiger partial charge on any atom is 0.256 e. The fraction of sp³-hybridized carbons (Fsp3) is 0.120. The number of terminal acetylenes is 1. The van der Waals surface area contributed by atoms with Gasteiger partial charge in [0, 0.05) is 12.1 Å². The third-order valence-electron chi connectivity index (χ3n) is 5.28. The van der Waals surface area contributed by atoms with Crippen molar-refractivity contribution in [2.75, 3.05) is 5.32 Å². The van der Waals surface area contributed by atoms with Gasteiger partial charge in [-0.05, 0) is 34.5 Å². The first kappa shape index (κ1) is 22.8. The lowest BCUT2D eigenvalue weighted by molar-refractivity contribution is -0.128. The standard InChI is InChI=1S/C25H22N2O4S/c1-3-16-25(23(26)28,24(29)27-21-12-6-5-7-13-21)32(30,31)22(4-2)20-15-14-18-10-8-9-11-19(18)17-20/h1,4-15,17,22H,2,16H2,(H2,26,28)(H,27,29). The lowest BCUT2D eigenvalue weighted by atomic mass is 10.0. The first-order chi connectivity index (χ1) is 15.3. The quantitative estimate of drug-likeness (QED) is 0.314. The lowest BCUT2D eigenvalue weighted by Gasteiger charge is -2.30. The van der Waals surface area contributed by atoms with Crippen LogP contribution in [0.2, 0.25) is 0 Å². The molecule has 6 nitrogen and oxygen atoms in total. The summed E-state index contributed by atoms with van der Waals surface area (Å²) in [5.41, 5.74) is 6.19. The second-order valence-electron chi connectivity index (χ2n) is 7.20. The number of amides is 2. The molecule has 0 aliphatic rings. The molecule has 0 aliphatic heterocycles. The van der Waals surface area contributed by atoms with Gasteiger partial charge in [0.25, 0.3) is 5.91 Å². The summed E-state index contributed by atoms with van der Waals surface area (Å²) in [6.07, 6.45) is 5.86. The number of carbonyl (C=O) groups is 2. The summed E-state index contributed by atoms with van der Waals surface area (Å²) < 4.78 is 25.0. The molecule has 3 aromatic rings. The zero-order valence-electron chi connectivity index (χ0n) is 17.2. The van der Waals surface area contributed by atoms with Crippen LogP contribution < -0.4 is 11.1 Å². The first-order valence-electron chi connectivity index (χ1n) is 9.72. The molecular formula is C25H22N2O4S. The van der Waals surface area contributed by atoms with Gasteiger partial charge in [-0.2, -0.15) is 0 Å². The third-order valence-corrected chi connectivity index (χ3v) is 7.92. The molecule has 0 aromatic heterocycles. The van der Waals surface area contributed by atoms with Crippen LogP contribution in [0.5, 0.6) is 0 Å². The van der Waals surface area contributed by atoms with Crippen LogP contribution >= 0.6 is 0 Å². The van der Waals surface area contributed by atoms with Crippen LogP contribution in [0.4, 0.5) is 5.69 Å². The van der Waals surface area contributed by atoms with Crippen LogP contribution in [0.15, 0.2) is 85.5 Å². The molecule has 0 heterocycles. The summed E-state index contributed by atoms with van der Waals surface area (Å²) in [6.45, 7) is 3.65. The molecule has 0 aliphatic carbocycles. The van der Waals surface area contributed by atoms with Crippen molar-refractivity contribution in [2.45, 2.75) is 16.4 Å². The zero-order chi connectivity index (χ0) is 23.4. The van der Waals surface area contributed by atoms with Gasteiger partial charge < -0.3 is 11.1 Å². The van der Waals surface area contributed by atoms with E-state index in [-0.39, 0.29) is 0 Å². The lowest BCUT2D eigenvalue weighted by Crippen LogP contribution is -2.59. The number of sulfone groups is 1. The summed E-state index contributed by atoms with van der Waals surface area (Å²) in [7, 11) is -4.62. The van der Waals surface area contributed by atoms with Crippen molar-refractivity contribution in [3.05, 3.63) is 91.0 Å². The smallest absolute Gasteiger partial charge is 0.256 e. The van der Waals surface area contributed by atoms with Crippen molar-refractivity contribution in [2.24, 2.45) is 5.73 Å². The van der Waals surface area contributed by atoms with Crippen LogP contribution in [0.1, 0.15) is 17.2 Å². The number of fused-ring (bicyclic) bond motifs is 1. The van der Waals surface area contributed by atoms with Crippen LogP contribution in [0.3, 0.4) is 0 Å². The predicted molar refractivity (Wildman–Crippen MR) is 126 cm³/mol. The highest BCUT2D eigenvalue weighted by Crippen LogP contribution is 2.37. The van der Waals surface area contributed by atoms with E-state index in [0.717, 1.165) is 10.8 Å². The van der Waals surface area contributed by atoms with E-state index < -0.39 is 38.1 Å². The SMILES string of the molecule is C#CCC(C(N)=O)(C(=O)Nc1ccccc1)S(=O)(=O)C(C=C)c1ccc2ccccc2c1. The van der Waals surface area contributed by atoms with E-state index in [0.29, 0.717) is 11.3 Å². The number of nitrogens with one attached hydrogen (secondary N) is 1. The second kappa shape index (κ2) is 9.08. The molecule has 2 unspecified atom stereocenters. The summed E-state index contributed by atoms with van der Waals surface area (Å²) in [6, 6.07) is 20.6. The van der Waals surface area contributed by atoms with E-state index in [1.165, 1.54) is 6.08 Å². The molecule has 0 fully saturated rings. The van der Waals surface area contributed by atoms with Gasteiger partial charge in [-0.25, -0.2) is 8.42 Å². The van der Waals surface area contributed by atoms with E-state index in [2.05, 4.69) is 17.8 Å². The summed E-state index contributed by atoms with van der Waals surface area (Å²) >= 11 is 0. The third kappa shape index (κ3) is 3.88. The molecule has 0 saturated heterocycles. The molecular weight excluding hydrogens is 424 g/mol. The second-order valence-corrected chi connectivity index (χ2v) is 9.50. The zero-order valence-corrected chi connectivity index (χ0v) is 18.0. The van der Waals surface area contributed by atoms with Crippen LogP contribution in [0.25, 0.3) is 10.8 Å². The van der Waals surface area contributed by atoms with E-state index >= 15 is 0 Å². The highest BCUT2D eigenvalue weighted by atomic mass is 32.2. The molecule has 0 spiro atoms. The topological polar surface area (TPSA) is 106 Å². The average Bonchev–Trinajstić information content (AvgIpc) is 2.77. The first-order valence-corrected chi connectivity index (χ1v) is 11.3. The van der Waals surface area contributed by atoms with Gasteiger partial charge in [-0.1, -0.05) is 60.7 Å². The van der Waals surface area contributed by atoms with Crippen molar-refractivity contribution in [1.82, 2.24) is 0 Å². The van der Waals surface area contributed by atoms with E-state index in [9.17, 15) is 18.0 Å². The number of anilines is 1. The molecule has 0 radical (unpaired) electrons. The number of rotatable bonds is 8. The van der Waals surface area contributed by atoms with E-state index in [1.54, 1.807) is 48.5 Å². The minimum absolute atomic E-state index is 0.302. The summed E-state index contributed by atoms with van der Waals surface area (Å²) in [4.78, 5) is 25.9. The molecule has 7 heteroatoms. The minimum Gasteiger partial charge on any atom is -0.368 e. The van der Waals surface area contributed by atoms with Crippen molar-refractivity contribution < 1.29 is 18.0 Å². The van der Waals surface area contributed by atoms with Crippen LogP contribution in [-0.4, -0.2) is 25.0 Å². The summed E-state index contributed by atoms with van der Waals surface area (Å²) in [5, 5.41) is 2.77. The fourth-order valence-electron chi connectivity index (χ4n) is 3.59. The van der Waals surface area contributed by atoms with Gasteiger partial charge in [0.1, 0.15) is 5.25 Å². The Morgan fingerprint density at radius 2 is 1.69 bits per heavy atom. The Bertz CT molecular complexity index is 1330. The molecule has 32 heavy (non-hydrogen) atoms. The van der Waals surface area contributed by atoms with Gasteiger partial charge in [-0.3, -0.25) is 9.59 Å². The number of benzene rings is 3. The average molecular weight is 447 g/mol. The Kier molecular flexibility index (Phi) is 6.47. The Morgan fingerprint density at radius 3 is 2.28 bits per heavy atom. The molecule has 3 rings (SSSR count). The van der Waals surface area contributed by atoms with Crippen molar-refractivity contribution >= 4 is 38.1 Å². The number of nitrogens with two attached hydrogens (primary N) is 1. The van der Waals surface area contributed by atoms with Crippen molar-refractivity contribution in [3.63, 3.8) is 0 Å². The van der Waals surface area contributed by atoms with Gasteiger partial charge in [0.2, 0.25) is 10.7 Å². The largest absolute Gasteiger partial charge is 0.368 e. The Morgan fingerprint density at radius 1 is 1.06 bits per heavy atom. The molecule has 2 amide bonds. The van der Waals surface area contributed by atoms with Gasteiger partial charge in [-0.15, -0.1) is 18.9 Å². The highest BCUT2D eigenvalue weighted by molar-refractivity contribution is 7.94. The van der Waals surface area contributed by atoms with Gasteiger partial charge in [0.05, 0.1) is 0 Å².